The van der Waals surface area contributed by atoms with Gasteiger partial charge in [0, 0.05) is 18.6 Å². The first kappa shape index (κ1) is 13.3. The molecule has 0 aliphatic carbocycles. The Morgan fingerprint density at radius 1 is 1.18 bits per heavy atom. The predicted octanol–water partition coefficient (Wildman–Crippen LogP) is 1.54. The van der Waals surface area contributed by atoms with Crippen LogP contribution < -0.4 is 5.32 Å². The van der Waals surface area contributed by atoms with Crippen molar-refractivity contribution in [2.45, 2.75) is 51.1 Å². The van der Waals surface area contributed by atoms with Gasteiger partial charge in [-0.1, -0.05) is 6.42 Å². The van der Waals surface area contributed by atoms with Crippen molar-refractivity contribution in [3.8, 4) is 0 Å². The van der Waals surface area contributed by atoms with Gasteiger partial charge in [0.25, 0.3) is 0 Å². The first-order chi connectivity index (χ1) is 8.29. The van der Waals surface area contributed by atoms with E-state index in [-0.39, 0.29) is 0 Å². The van der Waals surface area contributed by atoms with Crippen LogP contribution >= 0.6 is 0 Å². The molecule has 2 heterocycles. The fourth-order valence-corrected chi connectivity index (χ4v) is 3.12. The molecule has 2 atom stereocenters. The molecule has 2 unspecified atom stereocenters. The second kappa shape index (κ2) is 6.72. The fourth-order valence-electron chi connectivity index (χ4n) is 3.12. The lowest BCUT2D eigenvalue weighted by Crippen LogP contribution is -2.41. The Balaban J connectivity index is 1.67. The molecule has 0 aromatic carbocycles. The van der Waals surface area contributed by atoms with Crippen LogP contribution in [0.3, 0.4) is 0 Å². The Morgan fingerprint density at radius 2 is 1.94 bits per heavy atom. The normalized spacial score (nSPS) is 29.6. The highest BCUT2D eigenvalue weighted by Gasteiger charge is 2.28. The van der Waals surface area contributed by atoms with Crippen molar-refractivity contribution >= 4 is 0 Å². The molecule has 2 rings (SSSR count). The number of hydrogen-bond acceptors (Lipinski definition) is 3. The molecule has 3 heteroatoms. The van der Waals surface area contributed by atoms with Crippen molar-refractivity contribution in [2.24, 2.45) is 0 Å². The highest BCUT2D eigenvalue weighted by Crippen LogP contribution is 2.20. The largest absolute Gasteiger partial charge is 0.317 e. The summed E-state index contributed by atoms with van der Waals surface area (Å²) in [6, 6.07) is 1.52. The van der Waals surface area contributed by atoms with Crippen LogP contribution in [0.5, 0.6) is 0 Å². The van der Waals surface area contributed by atoms with Crippen LogP contribution in [-0.2, 0) is 0 Å². The van der Waals surface area contributed by atoms with Gasteiger partial charge in [0.1, 0.15) is 0 Å². The summed E-state index contributed by atoms with van der Waals surface area (Å²) in [5.74, 6) is 0. The van der Waals surface area contributed by atoms with E-state index in [9.17, 15) is 0 Å². The van der Waals surface area contributed by atoms with Gasteiger partial charge in [-0.05, 0) is 65.8 Å². The van der Waals surface area contributed by atoms with Crippen LogP contribution in [0, 0.1) is 0 Å². The molecule has 0 saturated carbocycles. The Bertz CT molecular complexity index is 214. The number of rotatable bonds is 5. The topological polar surface area (TPSA) is 18.5 Å². The molecule has 2 aliphatic rings. The van der Waals surface area contributed by atoms with Gasteiger partial charge in [-0.25, -0.2) is 0 Å². The third-order valence-corrected chi connectivity index (χ3v) is 4.53. The summed E-state index contributed by atoms with van der Waals surface area (Å²) < 4.78 is 0. The third kappa shape index (κ3) is 3.94. The zero-order valence-corrected chi connectivity index (χ0v) is 11.6. The minimum Gasteiger partial charge on any atom is -0.317 e. The molecule has 0 aromatic rings. The second-order valence-electron chi connectivity index (χ2n) is 5.82. The maximum atomic E-state index is 3.33. The average Bonchev–Trinajstić information content (AvgIpc) is 2.86. The van der Waals surface area contributed by atoms with E-state index in [1.165, 1.54) is 64.8 Å². The maximum Gasteiger partial charge on any atom is 0.0235 e. The maximum absolute atomic E-state index is 3.33. The Labute approximate surface area is 107 Å². The molecule has 2 aliphatic heterocycles. The first-order valence-corrected chi connectivity index (χ1v) is 7.43. The monoisotopic (exact) mass is 239 g/mol. The van der Waals surface area contributed by atoms with E-state index < -0.39 is 0 Å². The van der Waals surface area contributed by atoms with Crippen LogP contribution in [0.15, 0.2) is 0 Å². The first-order valence-electron chi connectivity index (χ1n) is 7.43. The van der Waals surface area contributed by atoms with Crippen LogP contribution in [0.2, 0.25) is 0 Å². The van der Waals surface area contributed by atoms with Crippen molar-refractivity contribution in [1.82, 2.24) is 15.1 Å². The minimum atomic E-state index is 0.657. The van der Waals surface area contributed by atoms with Crippen molar-refractivity contribution in [3.63, 3.8) is 0 Å². The Kier molecular flexibility index (Phi) is 5.26. The average molecular weight is 239 g/mol. The van der Waals surface area contributed by atoms with E-state index in [0.717, 1.165) is 6.04 Å². The molecule has 100 valence electrons. The van der Waals surface area contributed by atoms with E-state index in [2.05, 4.69) is 29.1 Å². The molecular weight excluding hydrogens is 210 g/mol. The molecule has 2 saturated heterocycles. The van der Waals surface area contributed by atoms with Gasteiger partial charge >= 0.3 is 0 Å². The quantitative estimate of drug-likeness (QED) is 0.785. The highest BCUT2D eigenvalue weighted by atomic mass is 15.3. The molecule has 17 heavy (non-hydrogen) atoms. The molecule has 0 aromatic heterocycles. The molecule has 3 nitrogen and oxygen atoms in total. The molecule has 0 amide bonds. The molecule has 0 bridgehead atoms. The lowest BCUT2D eigenvalue weighted by molar-refractivity contribution is 0.161. The van der Waals surface area contributed by atoms with Gasteiger partial charge < -0.3 is 10.2 Å². The lowest BCUT2D eigenvalue weighted by Gasteiger charge is -2.32. The van der Waals surface area contributed by atoms with E-state index in [0.29, 0.717) is 6.04 Å². The van der Waals surface area contributed by atoms with Crippen LogP contribution in [-0.4, -0.2) is 61.7 Å². The summed E-state index contributed by atoms with van der Waals surface area (Å²) in [6.45, 7) is 8.88. The predicted molar refractivity (Wildman–Crippen MR) is 73.4 cm³/mol. The highest BCUT2D eigenvalue weighted by molar-refractivity contribution is 4.85. The minimum absolute atomic E-state index is 0.657. The van der Waals surface area contributed by atoms with Crippen LogP contribution in [0.4, 0.5) is 0 Å². The molecular formula is C14H29N3. The fraction of sp³-hybridized carbons (Fsp3) is 1.00. The standard InChI is InChI=1S/C14H29N3/c1-13(15-2)6-10-16-11-7-14(12-16)17-8-4-3-5-9-17/h13-15H,3-12H2,1-2H3. The summed E-state index contributed by atoms with van der Waals surface area (Å²) in [7, 11) is 2.06. The third-order valence-electron chi connectivity index (χ3n) is 4.53. The molecule has 0 spiro atoms. The summed E-state index contributed by atoms with van der Waals surface area (Å²) in [5, 5.41) is 3.33. The van der Waals surface area contributed by atoms with Gasteiger partial charge in [0.2, 0.25) is 0 Å². The Morgan fingerprint density at radius 3 is 2.65 bits per heavy atom. The van der Waals surface area contributed by atoms with Crippen molar-refractivity contribution in [1.29, 1.82) is 0 Å². The van der Waals surface area contributed by atoms with Gasteiger partial charge in [-0.3, -0.25) is 4.90 Å². The van der Waals surface area contributed by atoms with Gasteiger partial charge in [0.15, 0.2) is 0 Å². The number of nitrogens with one attached hydrogen (secondary N) is 1. The van der Waals surface area contributed by atoms with Gasteiger partial charge in [-0.15, -0.1) is 0 Å². The van der Waals surface area contributed by atoms with Gasteiger partial charge in [0.05, 0.1) is 0 Å². The summed E-state index contributed by atoms with van der Waals surface area (Å²) in [6.07, 6.45) is 6.98. The Hall–Kier alpha value is -0.120. The lowest BCUT2D eigenvalue weighted by atomic mass is 10.1. The van der Waals surface area contributed by atoms with Crippen LogP contribution in [0.25, 0.3) is 0 Å². The SMILES string of the molecule is CNC(C)CCN1CCC(N2CCCCC2)C1. The molecule has 0 radical (unpaired) electrons. The van der Waals surface area contributed by atoms with Gasteiger partial charge in [-0.2, -0.15) is 0 Å². The summed E-state index contributed by atoms with van der Waals surface area (Å²) in [5.41, 5.74) is 0. The summed E-state index contributed by atoms with van der Waals surface area (Å²) in [4.78, 5) is 5.40. The molecule has 2 fully saturated rings. The summed E-state index contributed by atoms with van der Waals surface area (Å²) >= 11 is 0. The van der Waals surface area contributed by atoms with Crippen molar-refractivity contribution in [2.75, 3.05) is 39.8 Å². The number of likely N-dealkylation sites (tertiary alicyclic amines) is 2. The smallest absolute Gasteiger partial charge is 0.0235 e. The van der Waals surface area contributed by atoms with E-state index >= 15 is 0 Å². The van der Waals surface area contributed by atoms with E-state index in [1.54, 1.807) is 0 Å². The number of hydrogen-bond donors (Lipinski definition) is 1. The number of piperidine rings is 1. The van der Waals surface area contributed by atoms with E-state index in [4.69, 9.17) is 0 Å². The van der Waals surface area contributed by atoms with Crippen LogP contribution in [0.1, 0.15) is 39.0 Å². The zero-order valence-electron chi connectivity index (χ0n) is 11.6. The zero-order chi connectivity index (χ0) is 12.1. The second-order valence-corrected chi connectivity index (χ2v) is 5.82. The van der Waals surface area contributed by atoms with Crippen molar-refractivity contribution < 1.29 is 0 Å². The van der Waals surface area contributed by atoms with E-state index in [1.807, 2.05) is 0 Å². The molecule has 1 N–H and O–H groups in total. The van der Waals surface area contributed by atoms with Crippen molar-refractivity contribution in [3.05, 3.63) is 0 Å². The number of nitrogens with zero attached hydrogens (tertiary/aromatic N) is 2.